The molecular formula is C9H8FNO2. The monoisotopic (exact) mass is 181 g/mol. The lowest BCUT2D eigenvalue weighted by Gasteiger charge is -2.07. The summed E-state index contributed by atoms with van der Waals surface area (Å²) in [6, 6.07) is 4.41. The van der Waals surface area contributed by atoms with Crippen molar-refractivity contribution in [2.75, 3.05) is 7.11 Å². The van der Waals surface area contributed by atoms with E-state index in [1.54, 1.807) is 0 Å². The fraction of sp³-hybridized carbons (Fsp3) is 0.222. The van der Waals surface area contributed by atoms with Gasteiger partial charge in [-0.15, -0.1) is 0 Å². The number of methoxy groups -OCH3 is 1. The number of hydrogen-bond donors (Lipinski definition) is 1. The third-order valence-electron chi connectivity index (χ3n) is 1.64. The normalized spacial score (nSPS) is 9.31. The zero-order valence-electron chi connectivity index (χ0n) is 7.04. The van der Waals surface area contributed by atoms with Gasteiger partial charge in [0.05, 0.1) is 19.6 Å². The summed E-state index contributed by atoms with van der Waals surface area (Å²) in [7, 11) is 1.31. The van der Waals surface area contributed by atoms with E-state index in [1.165, 1.54) is 13.2 Å². The van der Waals surface area contributed by atoms with Crippen LogP contribution < -0.4 is 4.74 Å². The topological polar surface area (TPSA) is 53.2 Å². The molecule has 0 atom stereocenters. The molecule has 0 aliphatic carbocycles. The summed E-state index contributed by atoms with van der Waals surface area (Å²) >= 11 is 0. The maximum atomic E-state index is 12.8. The molecule has 4 heteroatoms. The Balaban J connectivity index is 3.23. The number of hydrogen-bond acceptors (Lipinski definition) is 3. The average Bonchev–Trinajstić information content (AvgIpc) is 2.12. The van der Waals surface area contributed by atoms with Crippen LogP contribution in [0.25, 0.3) is 0 Å². The number of nitrogens with zero attached hydrogens (tertiary/aromatic N) is 1. The Hall–Kier alpha value is -1.76. The first-order valence-corrected chi connectivity index (χ1v) is 3.62. The smallest absolute Gasteiger partial charge is 0.194 e. The number of aromatic hydroxyl groups is 1. The van der Waals surface area contributed by atoms with Crippen LogP contribution in [0.1, 0.15) is 5.56 Å². The van der Waals surface area contributed by atoms with Gasteiger partial charge in [-0.05, 0) is 6.07 Å². The van der Waals surface area contributed by atoms with Crippen LogP contribution >= 0.6 is 0 Å². The van der Waals surface area contributed by atoms with Crippen molar-refractivity contribution in [1.82, 2.24) is 0 Å². The van der Waals surface area contributed by atoms with Crippen LogP contribution in [0.2, 0.25) is 0 Å². The Kier molecular flexibility index (Phi) is 2.70. The highest BCUT2D eigenvalue weighted by Crippen LogP contribution is 2.32. The molecule has 0 aliphatic rings. The minimum absolute atomic E-state index is 0.0292. The van der Waals surface area contributed by atoms with Crippen molar-refractivity contribution in [3.05, 3.63) is 23.5 Å². The highest BCUT2D eigenvalue weighted by Gasteiger charge is 2.12. The highest BCUT2D eigenvalue weighted by atomic mass is 19.1. The quantitative estimate of drug-likeness (QED) is 0.754. The SMILES string of the molecule is COc1c(CC#N)ccc(F)c1O. The predicted octanol–water partition coefficient (Wildman–Crippen LogP) is 1.61. The van der Waals surface area contributed by atoms with E-state index < -0.39 is 11.6 Å². The molecule has 0 amide bonds. The molecular weight excluding hydrogens is 173 g/mol. The summed E-state index contributed by atoms with van der Waals surface area (Å²) in [5.74, 6) is -1.27. The summed E-state index contributed by atoms with van der Waals surface area (Å²) in [4.78, 5) is 0. The number of benzene rings is 1. The van der Waals surface area contributed by atoms with Crippen LogP contribution in [0.3, 0.4) is 0 Å². The molecule has 68 valence electrons. The summed E-state index contributed by atoms with van der Waals surface area (Å²) in [5.41, 5.74) is 0.476. The standard InChI is InChI=1S/C9H8FNO2/c1-13-9-6(4-5-11)2-3-7(10)8(9)12/h2-3,12H,4H2,1H3. The molecule has 13 heavy (non-hydrogen) atoms. The second-order valence-corrected chi connectivity index (χ2v) is 2.42. The van der Waals surface area contributed by atoms with Gasteiger partial charge in [0.2, 0.25) is 0 Å². The second kappa shape index (κ2) is 3.76. The molecule has 0 aliphatic heterocycles. The maximum absolute atomic E-state index is 12.8. The number of phenolic OH excluding ortho intramolecular Hbond substituents is 1. The lowest BCUT2D eigenvalue weighted by molar-refractivity contribution is 0.354. The zero-order chi connectivity index (χ0) is 9.84. The van der Waals surface area contributed by atoms with Gasteiger partial charge in [0, 0.05) is 5.56 Å². The van der Waals surface area contributed by atoms with Gasteiger partial charge in [-0.25, -0.2) is 4.39 Å². The van der Waals surface area contributed by atoms with Crippen LogP contribution in [0.15, 0.2) is 12.1 Å². The van der Waals surface area contributed by atoms with Gasteiger partial charge >= 0.3 is 0 Å². The molecule has 0 radical (unpaired) electrons. The van der Waals surface area contributed by atoms with E-state index in [1.807, 2.05) is 6.07 Å². The molecule has 1 rings (SSSR count). The van der Waals surface area contributed by atoms with E-state index in [4.69, 9.17) is 10.00 Å². The Morgan fingerprint density at radius 2 is 2.31 bits per heavy atom. The molecule has 1 N–H and O–H groups in total. The molecule has 0 saturated heterocycles. The maximum Gasteiger partial charge on any atom is 0.194 e. The Morgan fingerprint density at radius 3 is 2.85 bits per heavy atom. The summed E-state index contributed by atoms with van der Waals surface area (Å²) in [6.45, 7) is 0. The van der Waals surface area contributed by atoms with E-state index in [0.29, 0.717) is 5.56 Å². The van der Waals surface area contributed by atoms with Crippen molar-refractivity contribution in [2.45, 2.75) is 6.42 Å². The molecule has 0 heterocycles. The number of halogens is 1. The van der Waals surface area contributed by atoms with Crippen molar-refractivity contribution in [3.63, 3.8) is 0 Å². The zero-order valence-corrected chi connectivity index (χ0v) is 7.04. The lowest BCUT2D eigenvalue weighted by atomic mass is 10.1. The fourth-order valence-corrected chi connectivity index (χ4v) is 1.04. The van der Waals surface area contributed by atoms with Gasteiger partial charge < -0.3 is 9.84 Å². The first kappa shape index (κ1) is 9.33. The molecule has 0 bridgehead atoms. The lowest BCUT2D eigenvalue weighted by Crippen LogP contribution is -1.93. The van der Waals surface area contributed by atoms with Gasteiger partial charge in [0.1, 0.15) is 0 Å². The first-order chi connectivity index (χ1) is 6.20. The van der Waals surface area contributed by atoms with Crippen LogP contribution in [0.5, 0.6) is 11.5 Å². The van der Waals surface area contributed by atoms with Crippen molar-refractivity contribution in [3.8, 4) is 17.6 Å². The van der Waals surface area contributed by atoms with Crippen molar-refractivity contribution in [1.29, 1.82) is 5.26 Å². The van der Waals surface area contributed by atoms with Gasteiger partial charge in [0.15, 0.2) is 17.3 Å². The molecule has 1 aromatic rings. The second-order valence-electron chi connectivity index (χ2n) is 2.42. The number of ether oxygens (including phenoxy) is 1. The Morgan fingerprint density at radius 1 is 1.62 bits per heavy atom. The first-order valence-electron chi connectivity index (χ1n) is 3.62. The predicted molar refractivity (Wildman–Crippen MR) is 43.9 cm³/mol. The third-order valence-corrected chi connectivity index (χ3v) is 1.64. The summed E-state index contributed by atoms with van der Waals surface area (Å²) < 4.78 is 17.5. The Bertz CT molecular complexity index is 357. The van der Waals surface area contributed by atoms with Crippen molar-refractivity contribution < 1.29 is 14.2 Å². The van der Waals surface area contributed by atoms with Crippen LogP contribution in [0.4, 0.5) is 4.39 Å². The van der Waals surface area contributed by atoms with Gasteiger partial charge in [-0.2, -0.15) is 5.26 Å². The van der Waals surface area contributed by atoms with Crippen LogP contribution in [-0.4, -0.2) is 12.2 Å². The van der Waals surface area contributed by atoms with E-state index in [-0.39, 0.29) is 12.2 Å². The third kappa shape index (κ3) is 1.70. The van der Waals surface area contributed by atoms with Crippen LogP contribution in [-0.2, 0) is 6.42 Å². The number of phenols is 1. The largest absolute Gasteiger partial charge is 0.502 e. The molecule has 0 aromatic heterocycles. The minimum atomic E-state index is -0.751. The minimum Gasteiger partial charge on any atom is -0.502 e. The number of nitriles is 1. The fourth-order valence-electron chi connectivity index (χ4n) is 1.04. The summed E-state index contributed by atoms with van der Waals surface area (Å²) in [6.07, 6.45) is 0.0804. The molecule has 1 aromatic carbocycles. The van der Waals surface area contributed by atoms with E-state index in [9.17, 15) is 9.50 Å². The summed E-state index contributed by atoms with van der Waals surface area (Å²) in [5, 5.41) is 17.6. The molecule has 0 saturated carbocycles. The van der Waals surface area contributed by atoms with E-state index in [0.717, 1.165) is 6.07 Å². The van der Waals surface area contributed by atoms with E-state index in [2.05, 4.69) is 0 Å². The molecule has 3 nitrogen and oxygen atoms in total. The van der Waals surface area contributed by atoms with Gasteiger partial charge in [0.25, 0.3) is 0 Å². The van der Waals surface area contributed by atoms with Crippen LogP contribution in [0, 0.1) is 17.1 Å². The molecule has 0 fully saturated rings. The van der Waals surface area contributed by atoms with Crippen molar-refractivity contribution >= 4 is 0 Å². The Labute approximate surface area is 75.0 Å². The van der Waals surface area contributed by atoms with E-state index >= 15 is 0 Å². The highest BCUT2D eigenvalue weighted by molar-refractivity contribution is 5.47. The molecule has 0 spiro atoms. The van der Waals surface area contributed by atoms with Crippen molar-refractivity contribution in [2.24, 2.45) is 0 Å². The van der Waals surface area contributed by atoms with Gasteiger partial charge in [-0.3, -0.25) is 0 Å². The molecule has 0 unspecified atom stereocenters. The van der Waals surface area contributed by atoms with Gasteiger partial charge in [-0.1, -0.05) is 6.07 Å². The number of rotatable bonds is 2. The average molecular weight is 181 g/mol.